The highest BCUT2D eigenvalue weighted by Crippen LogP contribution is 2.49. The third-order valence-corrected chi connectivity index (χ3v) is 24.5. The number of anilines is 6. The molecule has 118 heavy (non-hydrogen) atoms. The van der Waals surface area contributed by atoms with Gasteiger partial charge in [0.25, 0.3) is 0 Å². The van der Waals surface area contributed by atoms with E-state index in [-0.39, 0.29) is 0 Å². The number of aromatic nitrogens is 2. The summed E-state index contributed by atoms with van der Waals surface area (Å²) in [5.74, 6) is 0. The van der Waals surface area contributed by atoms with Gasteiger partial charge in [-0.3, -0.25) is 0 Å². The Balaban J connectivity index is 0.582. The predicted molar refractivity (Wildman–Crippen MR) is 502 cm³/mol. The van der Waals surface area contributed by atoms with Gasteiger partial charge in [-0.15, -0.1) is 0 Å². The highest BCUT2D eigenvalue weighted by atomic mass is 15.1. The van der Waals surface area contributed by atoms with Gasteiger partial charge in [0.05, 0.1) is 22.1 Å². The minimum Gasteiger partial charge on any atom is -0.311 e. The van der Waals surface area contributed by atoms with Crippen LogP contribution < -0.4 is 9.80 Å². The molecule has 0 fully saturated rings. The van der Waals surface area contributed by atoms with Crippen LogP contribution in [-0.4, -0.2) is 9.13 Å². The number of para-hydroxylation sites is 2. The second-order valence-corrected chi connectivity index (χ2v) is 31.0. The molecule has 0 atom stereocenters. The van der Waals surface area contributed by atoms with Gasteiger partial charge in [-0.2, -0.15) is 0 Å². The maximum atomic E-state index is 2.45. The van der Waals surface area contributed by atoms with Crippen LogP contribution in [0.3, 0.4) is 0 Å². The molecule has 0 unspecified atom stereocenters. The summed E-state index contributed by atoms with van der Waals surface area (Å²) in [6.07, 6.45) is 0. The molecule has 0 saturated carbocycles. The van der Waals surface area contributed by atoms with E-state index in [9.17, 15) is 0 Å². The molecule has 23 rings (SSSR count). The van der Waals surface area contributed by atoms with Crippen molar-refractivity contribution in [2.24, 2.45) is 0 Å². The van der Waals surface area contributed by atoms with Gasteiger partial charge in [-0.05, 0) is 277 Å². The monoisotopic (exact) mass is 1500 g/mol. The number of benzene rings is 21. The molecule has 4 nitrogen and oxygen atoms in total. The van der Waals surface area contributed by atoms with Crippen molar-refractivity contribution >= 4 is 142 Å². The third-order valence-electron chi connectivity index (χ3n) is 24.5. The average Bonchev–Trinajstić information content (AvgIpc) is 1.56. The Bertz CT molecular complexity index is 7070. The molecular weight excluding hydrogens is 1430 g/mol. The van der Waals surface area contributed by atoms with Crippen molar-refractivity contribution in [2.75, 3.05) is 9.80 Å². The highest BCUT2D eigenvalue weighted by Gasteiger charge is 2.24. The van der Waals surface area contributed by atoms with Gasteiger partial charge < -0.3 is 18.9 Å². The van der Waals surface area contributed by atoms with Crippen LogP contribution in [0, 0.1) is 0 Å². The second kappa shape index (κ2) is 28.2. The Labute approximate surface area is 683 Å². The summed E-state index contributed by atoms with van der Waals surface area (Å²) >= 11 is 0. The molecule has 0 radical (unpaired) electrons. The number of hydrogen-bond acceptors (Lipinski definition) is 2. The Morgan fingerprint density at radius 3 is 0.627 bits per heavy atom. The van der Waals surface area contributed by atoms with E-state index in [1.807, 2.05) is 0 Å². The molecule has 2 heterocycles. The summed E-state index contributed by atoms with van der Waals surface area (Å²) in [5, 5.41) is 19.6. The van der Waals surface area contributed by atoms with E-state index in [0.29, 0.717) is 0 Å². The minimum absolute atomic E-state index is 1.06. The zero-order valence-electron chi connectivity index (χ0n) is 64.5. The smallest absolute Gasteiger partial charge is 0.0541 e. The van der Waals surface area contributed by atoms with E-state index >= 15 is 0 Å². The molecule has 0 aliphatic heterocycles. The number of fused-ring (bicyclic) bond motifs is 12. The van der Waals surface area contributed by atoms with Crippen LogP contribution in [0.15, 0.2) is 449 Å². The average molecular weight is 1500 g/mol. The van der Waals surface area contributed by atoms with Gasteiger partial charge >= 0.3 is 0 Å². The van der Waals surface area contributed by atoms with Gasteiger partial charge in [-0.25, -0.2) is 0 Å². The Morgan fingerprint density at radius 1 is 0.144 bits per heavy atom. The van der Waals surface area contributed by atoms with E-state index in [1.54, 1.807) is 0 Å². The van der Waals surface area contributed by atoms with E-state index in [0.717, 1.165) is 78.7 Å². The van der Waals surface area contributed by atoms with Crippen LogP contribution in [0.5, 0.6) is 0 Å². The molecule has 0 spiro atoms. The van der Waals surface area contributed by atoms with Crippen molar-refractivity contribution in [3.8, 4) is 78.1 Å². The summed E-state index contributed by atoms with van der Waals surface area (Å²) in [4.78, 5) is 4.75. The first-order valence-corrected chi connectivity index (χ1v) is 40.7. The first kappa shape index (κ1) is 68.0. The maximum Gasteiger partial charge on any atom is 0.0541 e. The molecule has 23 aromatic rings. The van der Waals surface area contributed by atoms with Crippen molar-refractivity contribution in [2.45, 2.75) is 0 Å². The van der Waals surface area contributed by atoms with Gasteiger partial charge in [0, 0.05) is 67.0 Å². The quantitative estimate of drug-likeness (QED) is 0.101. The largest absolute Gasteiger partial charge is 0.311 e. The molecule has 550 valence electrons. The molecule has 0 aliphatic rings. The first-order valence-electron chi connectivity index (χ1n) is 40.7. The lowest BCUT2D eigenvalue weighted by molar-refractivity contribution is 1.17. The molecule has 0 saturated heterocycles. The predicted octanol–water partition coefficient (Wildman–Crippen LogP) is 31.7. The zero-order valence-corrected chi connectivity index (χ0v) is 64.5. The van der Waals surface area contributed by atoms with Crippen LogP contribution in [0.25, 0.3) is 186 Å². The number of nitrogens with zero attached hydrogens (tertiary/aromatic N) is 4. The summed E-state index contributed by atoms with van der Waals surface area (Å²) < 4.78 is 4.89. The lowest BCUT2D eigenvalue weighted by atomic mass is 9.86. The van der Waals surface area contributed by atoms with E-state index in [4.69, 9.17) is 0 Å². The summed E-state index contributed by atoms with van der Waals surface area (Å²) in [6.45, 7) is 0. The fourth-order valence-corrected chi connectivity index (χ4v) is 19.0. The number of rotatable bonds is 14. The maximum absolute atomic E-state index is 2.45. The van der Waals surface area contributed by atoms with Crippen LogP contribution in [0.2, 0.25) is 0 Å². The molecule has 4 heteroatoms. The van der Waals surface area contributed by atoms with Crippen LogP contribution in [0.4, 0.5) is 34.1 Å². The van der Waals surface area contributed by atoms with Gasteiger partial charge in [0.15, 0.2) is 0 Å². The molecule has 0 amide bonds. The SMILES string of the molecule is c1ccc(N(c2ccc(-c3c4ccccc4c(-c4ccc(N(c5ccccc5)c5ccc(-n6c7ccc(-c8cccc9ccccc89)cc7c7cc(-c8cccc9ccccc89)ccc76)cc5)cc4)c4ccccc34)cc2)c2ccc(-n3c4ccc(-c5cccc6ccccc56)cc4c4cc(-c5cccc6ccccc56)ccc43)cc2)cc1. The highest BCUT2D eigenvalue weighted by molar-refractivity contribution is 6.22. The van der Waals surface area contributed by atoms with Crippen LogP contribution in [-0.2, 0) is 0 Å². The molecule has 21 aromatic carbocycles. The minimum atomic E-state index is 1.06. The van der Waals surface area contributed by atoms with Crippen molar-refractivity contribution in [3.05, 3.63) is 449 Å². The van der Waals surface area contributed by atoms with Crippen LogP contribution in [0.1, 0.15) is 0 Å². The lowest BCUT2D eigenvalue weighted by Crippen LogP contribution is -2.10. The van der Waals surface area contributed by atoms with Crippen molar-refractivity contribution in [3.63, 3.8) is 0 Å². The van der Waals surface area contributed by atoms with Gasteiger partial charge in [0.1, 0.15) is 0 Å². The fraction of sp³-hybridized carbons (Fsp3) is 0. The Hall–Kier alpha value is -15.6. The Kier molecular flexibility index (Phi) is 16.2. The normalized spacial score (nSPS) is 11.7. The van der Waals surface area contributed by atoms with Gasteiger partial charge in [0.2, 0.25) is 0 Å². The summed E-state index contributed by atoms with van der Waals surface area (Å²) in [6, 6.07) is 166. The van der Waals surface area contributed by atoms with Crippen molar-refractivity contribution in [1.82, 2.24) is 9.13 Å². The van der Waals surface area contributed by atoms with Gasteiger partial charge in [-0.1, -0.05) is 303 Å². The fourth-order valence-electron chi connectivity index (χ4n) is 19.0. The van der Waals surface area contributed by atoms with E-state index in [1.165, 1.54) is 142 Å². The topological polar surface area (TPSA) is 16.3 Å². The lowest BCUT2D eigenvalue weighted by Gasteiger charge is -2.26. The number of hydrogen-bond donors (Lipinski definition) is 0. The molecular formula is C114H74N4. The molecule has 0 bridgehead atoms. The Morgan fingerprint density at radius 2 is 0.356 bits per heavy atom. The van der Waals surface area contributed by atoms with E-state index in [2.05, 4.69) is 468 Å². The first-order chi connectivity index (χ1) is 58.5. The second-order valence-electron chi connectivity index (χ2n) is 31.0. The van der Waals surface area contributed by atoms with Crippen LogP contribution >= 0.6 is 0 Å². The van der Waals surface area contributed by atoms with Crippen molar-refractivity contribution in [1.29, 1.82) is 0 Å². The van der Waals surface area contributed by atoms with E-state index < -0.39 is 0 Å². The third kappa shape index (κ3) is 11.4. The van der Waals surface area contributed by atoms with Crippen molar-refractivity contribution < 1.29 is 0 Å². The molecule has 0 N–H and O–H groups in total. The zero-order chi connectivity index (χ0) is 77.7. The summed E-state index contributed by atoms with van der Waals surface area (Å²) in [5.41, 5.74) is 27.6. The molecule has 2 aromatic heterocycles. The molecule has 0 aliphatic carbocycles. The summed E-state index contributed by atoms with van der Waals surface area (Å²) in [7, 11) is 0. The standard InChI is InChI=1S/C114H74N4/c1-3-31-85(32-4-1)115(89-59-63-91(64-60-89)117-109-67-51-81(97-43-19-27-75-23-7-11-35-93(75)97)71-105(109)106-72-82(52-68-110(106)117)98-44-20-28-76-24-8-12-36-94(76)98)87-55-47-79(48-56-87)113-101-39-15-17-41-103(101)114(104-42-18-16-40-102(104)113)80-49-57-88(58-50-80)116(86-33-5-2-6-34-86)90-61-65-92(66-62-90)118-111-69-53-83(99-45-21-29-77-25-9-13-37-95(77)99)73-107(111)108-74-84(54-70-112(108)118)100-46-22-30-78-26-10-14-38-96(78)100/h1-74H.